The second-order valence-electron chi connectivity index (χ2n) is 4.50. The zero-order valence-corrected chi connectivity index (χ0v) is 11.7. The smallest absolute Gasteiger partial charge is 0.308 e. The molecule has 0 atom stereocenters. The second kappa shape index (κ2) is 5.67. The summed E-state index contributed by atoms with van der Waals surface area (Å²) < 4.78 is 0. The number of carbonyl (C=O) groups is 1. The van der Waals surface area contributed by atoms with Crippen molar-refractivity contribution in [1.82, 2.24) is 9.88 Å². The van der Waals surface area contributed by atoms with Gasteiger partial charge < -0.3 is 14.9 Å². The van der Waals surface area contributed by atoms with E-state index in [1.165, 1.54) is 11.3 Å². The molecular weight excluding hydrogens is 250 g/mol. The van der Waals surface area contributed by atoms with Crippen LogP contribution in [0.2, 0.25) is 0 Å². The zero-order chi connectivity index (χ0) is 13.1. The van der Waals surface area contributed by atoms with Crippen molar-refractivity contribution >= 4 is 22.4 Å². The van der Waals surface area contributed by atoms with E-state index in [1.807, 2.05) is 6.92 Å². The molecular formula is C12H19N3O2S. The fourth-order valence-electron chi connectivity index (χ4n) is 2.10. The molecule has 2 rings (SSSR count). The van der Waals surface area contributed by atoms with Gasteiger partial charge in [0.05, 0.1) is 12.1 Å². The Bertz CT molecular complexity index is 425. The predicted molar refractivity (Wildman–Crippen MR) is 72.5 cm³/mol. The SMILES string of the molecule is CCN1CCN(c2nc(C)c(CC(=O)O)s2)CC1. The highest BCUT2D eigenvalue weighted by Crippen LogP contribution is 2.27. The molecule has 18 heavy (non-hydrogen) atoms. The van der Waals surface area contributed by atoms with E-state index in [4.69, 9.17) is 5.11 Å². The van der Waals surface area contributed by atoms with Gasteiger partial charge in [-0.05, 0) is 13.5 Å². The molecule has 2 heterocycles. The van der Waals surface area contributed by atoms with Crippen LogP contribution in [0.15, 0.2) is 0 Å². The maximum atomic E-state index is 10.7. The average molecular weight is 269 g/mol. The highest BCUT2D eigenvalue weighted by molar-refractivity contribution is 7.15. The Morgan fingerprint density at radius 2 is 2.06 bits per heavy atom. The van der Waals surface area contributed by atoms with Crippen LogP contribution < -0.4 is 4.90 Å². The first-order valence-corrected chi connectivity index (χ1v) is 7.07. The van der Waals surface area contributed by atoms with Crippen molar-refractivity contribution < 1.29 is 9.90 Å². The van der Waals surface area contributed by atoms with Crippen LogP contribution in [0.5, 0.6) is 0 Å². The summed E-state index contributed by atoms with van der Waals surface area (Å²) in [6, 6.07) is 0. The molecule has 100 valence electrons. The number of hydrogen-bond donors (Lipinski definition) is 1. The molecule has 1 aromatic rings. The van der Waals surface area contributed by atoms with E-state index in [2.05, 4.69) is 21.7 Å². The summed E-state index contributed by atoms with van der Waals surface area (Å²) in [6.45, 7) is 9.23. The lowest BCUT2D eigenvalue weighted by Crippen LogP contribution is -2.46. The number of carboxylic acid groups (broad SMARTS) is 1. The molecule has 0 radical (unpaired) electrons. The van der Waals surface area contributed by atoms with Gasteiger partial charge in [-0.25, -0.2) is 4.98 Å². The molecule has 1 saturated heterocycles. The van der Waals surface area contributed by atoms with Gasteiger partial charge in [0.1, 0.15) is 0 Å². The molecule has 1 aliphatic heterocycles. The van der Waals surface area contributed by atoms with Crippen molar-refractivity contribution in [1.29, 1.82) is 0 Å². The minimum atomic E-state index is -0.788. The third-order valence-electron chi connectivity index (χ3n) is 3.28. The van der Waals surface area contributed by atoms with Gasteiger partial charge in [0.2, 0.25) is 0 Å². The van der Waals surface area contributed by atoms with Crippen LogP contribution in [0.3, 0.4) is 0 Å². The summed E-state index contributed by atoms with van der Waals surface area (Å²) in [7, 11) is 0. The second-order valence-corrected chi connectivity index (χ2v) is 5.56. The maximum absolute atomic E-state index is 10.7. The quantitative estimate of drug-likeness (QED) is 0.890. The van der Waals surface area contributed by atoms with Crippen molar-refractivity contribution in [2.24, 2.45) is 0 Å². The molecule has 0 saturated carbocycles. The lowest BCUT2D eigenvalue weighted by Gasteiger charge is -2.33. The number of piperazine rings is 1. The number of hydrogen-bond acceptors (Lipinski definition) is 5. The molecule has 0 amide bonds. The number of aryl methyl sites for hydroxylation is 1. The lowest BCUT2D eigenvalue weighted by atomic mass is 10.3. The standard InChI is InChI=1S/C12H19N3O2S/c1-3-14-4-6-15(7-5-14)12-13-9(2)10(18-12)8-11(16)17/h3-8H2,1-2H3,(H,16,17). The van der Waals surface area contributed by atoms with E-state index in [9.17, 15) is 4.79 Å². The van der Waals surface area contributed by atoms with E-state index in [-0.39, 0.29) is 6.42 Å². The molecule has 5 nitrogen and oxygen atoms in total. The molecule has 1 N–H and O–H groups in total. The van der Waals surface area contributed by atoms with Crippen molar-refractivity contribution in [3.05, 3.63) is 10.6 Å². The molecule has 1 aliphatic rings. The van der Waals surface area contributed by atoms with Gasteiger partial charge in [0, 0.05) is 31.1 Å². The van der Waals surface area contributed by atoms with E-state index >= 15 is 0 Å². The maximum Gasteiger partial charge on any atom is 0.308 e. The summed E-state index contributed by atoms with van der Waals surface area (Å²) >= 11 is 1.52. The molecule has 0 aliphatic carbocycles. The van der Waals surface area contributed by atoms with E-state index in [0.29, 0.717) is 0 Å². The van der Waals surface area contributed by atoms with Crippen LogP contribution in [0, 0.1) is 6.92 Å². The number of aromatic nitrogens is 1. The monoisotopic (exact) mass is 269 g/mol. The van der Waals surface area contributed by atoms with E-state index in [0.717, 1.165) is 48.4 Å². The summed E-state index contributed by atoms with van der Waals surface area (Å²) in [5, 5.41) is 9.81. The summed E-state index contributed by atoms with van der Waals surface area (Å²) in [5.41, 5.74) is 0.857. The highest BCUT2D eigenvalue weighted by Gasteiger charge is 2.20. The fourth-order valence-corrected chi connectivity index (χ4v) is 3.21. The number of thiazole rings is 1. The molecule has 0 unspecified atom stereocenters. The first-order valence-electron chi connectivity index (χ1n) is 6.25. The van der Waals surface area contributed by atoms with Gasteiger partial charge in [-0.15, -0.1) is 11.3 Å². The van der Waals surface area contributed by atoms with E-state index < -0.39 is 5.97 Å². The molecule has 0 aromatic carbocycles. The van der Waals surface area contributed by atoms with Crippen molar-refractivity contribution in [2.45, 2.75) is 20.3 Å². The number of rotatable bonds is 4. The van der Waals surface area contributed by atoms with Crippen molar-refractivity contribution in [2.75, 3.05) is 37.6 Å². The third-order valence-corrected chi connectivity index (χ3v) is 4.50. The zero-order valence-electron chi connectivity index (χ0n) is 10.8. The summed E-state index contributed by atoms with van der Waals surface area (Å²) in [6.07, 6.45) is 0.0818. The Hall–Kier alpha value is -1.14. The van der Waals surface area contributed by atoms with Gasteiger partial charge in [-0.2, -0.15) is 0 Å². The fraction of sp³-hybridized carbons (Fsp3) is 0.667. The van der Waals surface area contributed by atoms with Gasteiger partial charge in [-0.3, -0.25) is 4.79 Å². The van der Waals surface area contributed by atoms with Gasteiger partial charge in [-0.1, -0.05) is 6.92 Å². The number of nitrogens with zero attached hydrogens (tertiary/aromatic N) is 3. The van der Waals surface area contributed by atoms with Gasteiger partial charge in [0.25, 0.3) is 0 Å². The molecule has 0 spiro atoms. The molecule has 6 heteroatoms. The van der Waals surface area contributed by atoms with Crippen molar-refractivity contribution in [3.63, 3.8) is 0 Å². The minimum absolute atomic E-state index is 0.0818. The van der Waals surface area contributed by atoms with Crippen LogP contribution in [0.1, 0.15) is 17.5 Å². The van der Waals surface area contributed by atoms with Crippen LogP contribution >= 0.6 is 11.3 Å². The topological polar surface area (TPSA) is 56.7 Å². The lowest BCUT2D eigenvalue weighted by molar-refractivity contribution is -0.136. The normalized spacial score (nSPS) is 17.1. The van der Waals surface area contributed by atoms with E-state index in [1.54, 1.807) is 0 Å². The molecule has 0 bridgehead atoms. The first-order chi connectivity index (χ1) is 8.60. The number of aliphatic carboxylic acids is 1. The Labute approximate surface area is 111 Å². The Kier molecular flexibility index (Phi) is 4.19. The predicted octanol–water partition coefficient (Wildman–Crippen LogP) is 1.22. The molecule has 1 fully saturated rings. The average Bonchev–Trinajstić information content (AvgIpc) is 2.70. The van der Waals surface area contributed by atoms with Crippen LogP contribution in [-0.4, -0.2) is 53.7 Å². The highest BCUT2D eigenvalue weighted by atomic mass is 32.1. The summed E-state index contributed by atoms with van der Waals surface area (Å²) in [4.78, 5) is 20.8. The number of likely N-dealkylation sites (N-methyl/N-ethyl adjacent to an activating group) is 1. The van der Waals surface area contributed by atoms with Gasteiger partial charge >= 0.3 is 5.97 Å². The Morgan fingerprint density at radius 1 is 1.39 bits per heavy atom. The molecule has 1 aromatic heterocycles. The summed E-state index contributed by atoms with van der Waals surface area (Å²) in [5.74, 6) is -0.788. The van der Waals surface area contributed by atoms with Crippen molar-refractivity contribution in [3.8, 4) is 0 Å². The Morgan fingerprint density at radius 3 is 2.61 bits per heavy atom. The Balaban J connectivity index is 2.03. The third kappa shape index (κ3) is 3.00. The number of anilines is 1. The van der Waals surface area contributed by atoms with Crippen LogP contribution in [0.4, 0.5) is 5.13 Å². The van der Waals surface area contributed by atoms with Crippen LogP contribution in [-0.2, 0) is 11.2 Å². The largest absolute Gasteiger partial charge is 0.481 e. The minimum Gasteiger partial charge on any atom is -0.481 e. The number of carboxylic acids is 1. The first kappa shape index (κ1) is 13.3. The van der Waals surface area contributed by atoms with Crippen LogP contribution in [0.25, 0.3) is 0 Å². The van der Waals surface area contributed by atoms with Gasteiger partial charge in [0.15, 0.2) is 5.13 Å².